The second-order valence-corrected chi connectivity index (χ2v) is 6.34. The minimum Gasteiger partial charge on any atom is -0.507 e. The number of phenolic OH excluding ortho intramolecular Hbond substituents is 1. The Hall–Kier alpha value is -2.93. The minimum absolute atomic E-state index is 0.0251. The summed E-state index contributed by atoms with van der Waals surface area (Å²) in [6.07, 6.45) is 6.05. The Morgan fingerprint density at radius 2 is 1.96 bits per heavy atom. The van der Waals surface area contributed by atoms with E-state index in [-0.39, 0.29) is 23.8 Å². The van der Waals surface area contributed by atoms with Crippen LogP contribution in [0, 0.1) is 0 Å². The molecule has 2 aromatic rings. The van der Waals surface area contributed by atoms with Gasteiger partial charge in [0.2, 0.25) is 0 Å². The molecule has 0 saturated carbocycles. The van der Waals surface area contributed by atoms with Crippen molar-refractivity contribution in [1.29, 1.82) is 0 Å². The van der Waals surface area contributed by atoms with Crippen LogP contribution in [-0.2, 0) is 6.42 Å². The molecule has 3 rings (SSSR count). The molecule has 2 heterocycles. The molecule has 1 aromatic carbocycles. The first-order valence-corrected chi connectivity index (χ1v) is 9.27. The topological polar surface area (TPSA) is 100.0 Å². The number of methoxy groups -OCH3 is 1. The summed E-state index contributed by atoms with van der Waals surface area (Å²) in [5.74, 6) is 0.389. The van der Waals surface area contributed by atoms with Gasteiger partial charge in [-0.3, -0.25) is 14.6 Å². The minimum atomic E-state index is -0.0562. The predicted molar refractivity (Wildman–Crippen MR) is 105 cm³/mol. The van der Waals surface area contributed by atoms with E-state index in [0.29, 0.717) is 29.7 Å². The van der Waals surface area contributed by atoms with Gasteiger partial charge in [0.15, 0.2) is 6.29 Å². The number of aromatic nitrogens is 1. The van der Waals surface area contributed by atoms with E-state index < -0.39 is 0 Å². The van der Waals surface area contributed by atoms with Gasteiger partial charge in [0, 0.05) is 32.3 Å². The van der Waals surface area contributed by atoms with Gasteiger partial charge in [0.05, 0.1) is 23.9 Å². The predicted octanol–water partition coefficient (Wildman–Crippen LogP) is 2.46. The normalized spacial score (nSPS) is 13.3. The largest absolute Gasteiger partial charge is 0.507 e. The SMILES string of the molecule is COc1cccc(O)c1C=O.O=C(c1cccnc1CCO)N1CCCCC1. The van der Waals surface area contributed by atoms with E-state index in [1.54, 1.807) is 30.5 Å². The molecule has 0 aliphatic carbocycles. The van der Waals surface area contributed by atoms with Crippen molar-refractivity contribution < 1.29 is 24.5 Å². The molecular weight excluding hydrogens is 360 g/mol. The number of aliphatic hydroxyl groups excluding tert-OH is 1. The number of benzene rings is 1. The smallest absolute Gasteiger partial charge is 0.255 e. The number of rotatable bonds is 5. The molecule has 7 nitrogen and oxygen atoms in total. The maximum atomic E-state index is 12.3. The summed E-state index contributed by atoms with van der Waals surface area (Å²) in [6.45, 7) is 1.70. The molecule has 1 saturated heterocycles. The van der Waals surface area contributed by atoms with Crippen molar-refractivity contribution in [3.8, 4) is 11.5 Å². The molecule has 7 heteroatoms. The molecule has 150 valence electrons. The fourth-order valence-electron chi connectivity index (χ4n) is 3.03. The van der Waals surface area contributed by atoms with Crippen molar-refractivity contribution in [3.05, 3.63) is 53.3 Å². The number of carbonyl (C=O) groups excluding carboxylic acids is 2. The third kappa shape index (κ3) is 5.53. The van der Waals surface area contributed by atoms with E-state index in [4.69, 9.17) is 14.9 Å². The third-order valence-electron chi connectivity index (χ3n) is 4.49. The summed E-state index contributed by atoms with van der Waals surface area (Å²) in [4.78, 5) is 28.7. The summed E-state index contributed by atoms with van der Waals surface area (Å²) in [7, 11) is 1.45. The Kier molecular flexibility index (Phi) is 8.42. The quantitative estimate of drug-likeness (QED) is 0.766. The van der Waals surface area contributed by atoms with Gasteiger partial charge in [-0.05, 0) is 43.5 Å². The first-order chi connectivity index (χ1) is 13.6. The second kappa shape index (κ2) is 11.0. The second-order valence-electron chi connectivity index (χ2n) is 6.34. The van der Waals surface area contributed by atoms with Gasteiger partial charge in [-0.1, -0.05) is 6.07 Å². The number of amides is 1. The molecule has 0 atom stereocenters. The lowest BCUT2D eigenvalue weighted by Gasteiger charge is -2.27. The average molecular weight is 386 g/mol. The molecule has 2 N–H and O–H groups in total. The zero-order valence-corrected chi connectivity index (χ0v) is 16.0. The number of ether oxygens (including phenoxy) is 1. The van der Waals surface area contributed by atoms with E-state index in [2.05, 4.69) is 4.98 Å². The zero-order valence-electron chi connectivity index (χ0n) is 16.0. The molecule has 0 spiro atoms. The highest BCUT2D eigenvalue weighted by atomic mass is 16.5. The van der Waals surface area contributed by atoms with Crippen LogP contribution in [0.4, 0.5) is 0 Å². The van der Waals surface area contributed by atoms with Gasteiger partial charge < -0.3 is 19.8 Å². The summed E-state index contributed by atoms with van der Waals surface area (Å²) in [5, 5.41) is 18.1. The van der Waals surface area contributed by atoms with Crippen molar-refractivity contribution in [3.63, 3.8) is 0 Å². The zero-order chi connectivity index (χ0) is 20.4. The third-order valence-corrected chi connectivity index (χ3v) is 4.49. The van der Waals surface area contributed by atoms with E-state index >= 15 is 0 Å². The van der Waals surface area contributed by atoms with Crippen LogP contribution in [0.25, 0.3) is 0 Å². The highest BCUT2D eigenvalue weighted by Crippen LogP contribution is 2.24. The molecule has 0 bridgehead atoms. The molecule has 1 aromatic heterocycles. The van der Waals surface area contributed by atoms with Crippen LogP contribution in [0.5, 0.6) is 11.5 Å². The lowest BCUT2D eigenvalue weighted by molar-refractivity contribution is 0.0722. The van der Waals surface area contributed by atoms with Crippen LogP contribution in [0.1, 0.15) is 45.7 Å². The average Bonchev–Trinajstić information content (AvgIpc) is 2.74. The van der Waals surface area contributed by atoms with Crippen LogP contribution in [-0.4, -0.2) is 59.1 Å². The number of aromatic hydroxyl groups is 1. The lowest BCUT2D eigenvalue weighted by Crippen LogP contribution is -2.36. The number of aliphatic hydroxyl groups is 1. The summed E-state index contributed by atoms with van der Waals surface area (Å²) in [5.41, 5.74) is 1.53. The Bertz CT molecular complexity index is 788. The van der Waals surface area contributed by atoms with Gasteiger partial charge in [-0.25, -0.2) is 0 Å². The first kappa shape index (κ1) is 21.4. The molecule has 28 heavy (non-hydrogen) atoms. The van der Waals surface area contributed by atoms with Gasteiger partial charge in [-0.2, -0.15) is 0 Å². The number of nitrogens with zero attached hydrogens (tertiary/aromatic N) is 2. The van der Waals surface area contributed by atoms with Gasteiger partial charge >= 0.3 is 0 Å². The number of piperidine rings is 1. The van der Waals surface area contributed by atoms with Crippen LogP contribution >= 0.6 is 0 Å². The summed E-state index contributed by atoms with van der Waals surface area (Å²) < 4.78 is 4.83. The number of pyridine rings is 1. The number of hydrogen-bond donors (Lipinski definition) is 2. The number of likely N-dealkylation sites (tertiary alicyclic amines) is 1. The Balaban J connectivity index is 0.000000221. The molecule has 1 aliphatic heterocycles. The monoisotopic (exact) mass is 386 g/mol. The van der Waals surface area contributed by atoms with Crippen molar-refractivity contribution in [2.45, 2.75) is 25.7 Å². The highest BCUT2D eigenvalue weighted by molar-refractivity contribution is 5.95. The molecule has 1 aliphatic rings. The van der Waals surface area contributed by atoms with Crippen LogP contribution in [0.15, 0.2) is 36.5 Å². The highest BCUT2D eigenvalue weighted by Gasteiger charge is 2.20. The summed E-state index contributed by atoms with van der Waals surface area (Å²) in [6, 6.07) is 8.24. The number of hydrogen-bond acceptors (Lipinski definition) is 6. The fraction of sp³-hybridized carbons (Fsp3) is 0.381. The number of phenols is 1. The standard InChI is InChI=1S/C13H18N2O2.C8H8O3/c16-10-6-12-11(5-4-7-14-12)13(17)15-8-2-1-3-9-15;1-11-8-4-2-3-7(10)6(8)5-9/h4-5,7,16H,1-3,6,8-10H2;2-5,10H,1H3. The van der Waals surface area contributed by atoms with Crippen molar-refractivity contribution >= 4 is 12.2 Å². The van der Waals surface area contributed by atoms with E-state index in [1.165, 1.54) is 19.6 Å². The Morgan fingerprint density at radius 1 is 1.21 bits per heavy atom. The molecule has 0 radical (unpaired) electrons. The van der Waals surface area contributed by atoms with Gasteiger partial charge in [-0.15, -0.1) is 0 Å². The maximum absolute atomic E-state index is 12.3. The fourth-order valence-corrected chi connectivity index (χ4v) is 3.03. The summed E-state index contributed by atoms with van der Waals surface area (Å²) >= 11 is 0. The van der Waals surface area contributed by atoms with Crippen LogP contribution < -0.4 is 4.74 Å². The molecule has 1 fully saturated rings. The van der Waals surface area contributed by atoms with E-state index in [9.17, 15) is 9.59 Å². The number of aldehydes is 1. The Labute approximate surface area is 164 Å². The van der Waals surface area contributed by atoms with Crippen LogP contribution in [0.3, 0.4) is 0 Å². The molecule has 1 amide bonds. The first-order valence-electron chi connectivity index (χ1n) is 9.27. The van der Waals surface area contributed by atoms with Gasteiger partial charge in [0.25, 0.3) is 5.91 Å². The lowest BCUT2D eigenvalue weighted by atomic mass is 10.1. The van der Waals surface area contributed by atoms with E-state index in [1.807, 2.05) is 4.90 Å². The Morgan fingerprint density at radius 3 is 2.57 bits per heavy atom. The molecule has 0 unspecified atom stereocenters. The number of carbonyl (C=O) groups is 2. The van der Waals surface area contributed by atoms with Crippen molar-refractivity contribution in [1.82, 2.24) is 9.88 Å². The van der Waals surface area contributed by atoms with Crippen molar-refractivity contribution in [2.75, 3.05) is 26.8 Å². The maximum Gasteiger partial charge on any atom is 0.255 e. The van der Waals surface area contributed by atoms with Crippen molar-refractivity contribution in [2.24, 2.45) is 0 Å². The van der Waals surface area contributed by atoms with E-state index in [0.717, 1.165) is 25.9 Å². The van der Waals surface area contributed by atoms with Crippen LogP contribution in [0.2, 0.25) is 0 Å². The van der Waals surface area contributed by atoms with Gasteiger partial charge in [0.1, 0.15) is 11.5 Å². The molecular formula is C21H26N2O5.